The van der Waals surface area contributed by atoms with Crippen LogP contribution in [0.1, 0.15) is 26.6 Å². The van der Waals surface area contributed by atoms with Gasteiger partial charge in [0, 0.05) is 22.3 Å². The number of allylic oxidation sites excluding steroid dienone is 1. The van der Waals surface area contributed by atoms with Crippen LogP contribution in [0.3, 0.4) is 0 Å². The van der Waals surface area contributed by atoms with E-state index in [2.05, 4.69) is 9.71 Å². The molecule has 0 atom stereocenters. The normalized spacial score (nSPS) is 12.1. The maximum Gasteiger partial charge on any atom is 0.229 e. The molecule has 0 amide bonds. The van der Waals surface area contributed by atoms with Crippen LogP contribution in [-0.2, 0) is 10.0 Å². The standard InChI is InChI=1S/C17H17N3O3S2/c1-11-10-20-15(12(2)18-17(20)24-11)8-9-16(21)13-4-6-14(7-5-13)19-25(3,22)23/h4-10,19H,1-3H3/b9-8-. The van der Waals surface area contributed by atoms with Crippen molar-refractivity contribution < 1.29 is 13.2 Å². The number of aromatic nitrogens is 2. The van der Waals surface area contributed by atoms with E-state index < -0.39 is 10.0 Å². The van der Waals surface area contributed by atoms with E-state index in [9.17, 15) is 13.2 Å². The molecule has 0 radical (unpaired) electrons. The predicted molar refractivity (Wildman–Crippen MR) is 101 cm³/mol. The van der Waals surface area contributed by atoms with Gasteiger partial charge >= 0.3 is 0 Å². The van der Waals surface area contributed by atoms with Crippen LogP contribution >= 0.6 is 11.3 Å². The van der Waals surface area contributed by atoms with E-state index in [-0.39, 0.29) is 5.78 Å². The van der Waals surface area contributed by atoms with E-state index in [0.29, 0.717) is 11.3 Å². The summed E-state index contributed by atoms with van der Waals surface area (Å²) in [5, 5.41) is 0. The molecule has 130 valence electrons. The Hall–Kier alpha value is -2.45. The molecule has 1 N–H and O–H groups in total. The number of anilines is 1. The van der Waals surface area contributed by atoms with Crippen LogP contribution < -0.4 is 4.72 Å². The number of fused-ring (bicyclic) bond motifs is 1. The first kappa shape index (κ1) is 17.4. The quantitative estimate of drug-likeness (QED) is 0.548. The molecule has 0 saturated heterocycles. The number of hydrogen-bond donors (Lipinski definition) is 1. The molecule has 3 rings (SSSR count). The van der Waals surface area contributed by atoms with Gasteiger partial charge in [0.2, 0.25) is 10.0 Å². The van der Waals surface area contributed by atoms with Crippen LogP contribution in [0.25, 0.3) is 11.0 Å². The highest BCUT2D eigenvalue weighted by molar-refractivity contribution is 7.92. The Morgan fingerprint density at radius 1 is 1.24 bits per heavy atom. The molecule has 8 heteroatoms. The number of benzene rings is 1. The molecule has 0 bridgehead atoms. The summed E-state index contributed by atoms with van der Waals surface area (Å²) in [7, 11) is -3.33. The summed E-state index contributed by atoms with van der Waals surface area (Å²) in [5.74, 6) is -0.160. The zero-order valence-electron chi connectivity index (χ0n) is 14.0. The minimum absolute atomic E-state index is 0.160. The number of carbonyl (C=O) groups is 1. The van der Waals surface area contributed by atoms with Gasteiger partial charge in [-0.25, -0.2) is 13.4 Å². The maximum absolute atomic E-state index is 12.3. The van der Waals surface area contributed by atoms with Crippen LogP contribution in [0.15, 0.2) is 36.5 Å². The molecule has 1 aromatic carbocycles. The van der Waals surface area contributed by atoms with Crippen molar-refractivity contribution in [2.75, 3.05) is 11.0 Å². The number of aryl methyl sites for hydroxylation is 2. The Bertz CT molecular complexity index is 1070. The topological polar surface area (TPSA) is 80.5 Å². The SMILES string of the molecule is Cc1cn2c(/C=C\C(=O)c3ccc(NS(C)(=O)=O)cc3)c(C)nc2s1. The molecule has 6 nitrogen and oxygen atoms in total. The summed E-state index contributed by atoms with van der Waals surface area (Å²) in [6.07, 6.45) is 6.33. The van der Waals surface area contributed by atoms with Crippen LogP contribution in [0.5, 0.6) is 0 Å². The Balaban J connectivity index is 1.81. The van der Waals surface area contributed by atoms with Crippen molar-refractivity contribution in [2.45, 2.75) is 13.8 Å². The Labute approximate surface area is 149 Å². The third-order valence-electron chi connectivity index (χ3n) is 3.53. The van der Waals surface area contributed by atoms with E-state index >= 15 is 0 Å². The molecule has 25 heavy (non-hydrogen) atoms. The van der Waals surface area contributed by atoms with Gasteiger partial charge < -0.3 is 0 Å². The second kappa shape index (κ2) is 6.45. The van der Waals surface area contributed by atoms with Crippen LogP contribution in [0.4, 0.5) is 5.69 Å². The van der Waals surface area contributed by atoms with Gasteiger partial charge in [-0.2, -0.15) is 0 Å². The number of nitrogens with one attached hydrogen (secondary N) is 1. The average molecular weight is 375 g/mol. The Kier molecular flexibility index (Phi) is 4.49. The lowest BCUT2D eigenvalue weighted by Crippen LogP contribution is -2.09. The van der Waals surface area contributed by atoms with E-state index in [0.717, 1.165) is 27.5 Å². The summed E-state index contributed by atoms with van der Waals surface area (Å²) in [6.45, 7) is 3.92. The fourth-order valence-corrected chi connectivity index (χ4v) is 3.89. The zero-order chi connectivity index (χ0) is 18.2. The smallest absolute Gasteiger partial charge is 0.229 e. The summed E-state index contributed by atoms with van der Waals surface area (Å²) in [5.41, 5.74) is 2.64. The number of thiazole rings is 1. The minimum atomic E-state index is -3.33. The second-order valence-corrected chi connectivity index (χ2v) is 8.69. The van der Waals surface area contributed by atoms with E-state index in [1.165, 1.54) is 6.08 Å². The van der Waals surface area contributed by atoms with Gasteiger partial charge in [-0.05, 0) is 50.3 Å². The van der Waals surface area contributed by atoms with E-state index in [1.54, 1.807) is 41.7 Å². The highest BCUT2D eigenvalue weighted by Crippen LogP contribution is 2.21. The lowest BCUT2D eigenvalue weighted by molar-refractivity contribution is 0.104. The summed E-state index contributed by atoms with van der Waals surface area (Å²) in [4.78, 5) is 18.9. The number of carbonyl (C=O) groups excluding carboxylic acids is 1. The van der Waals surface area contributed by atoms with Crippen molar-refractivity contribution in [1.29, 1.82) is 0 Å². The van der Waals surface area contributed by atoms with Gasteiger partial charge in [0.25, 0.3) is 0 Å². The zero-order valence-corrected chi connectivity index (χ0v) is 15.6. The van der Waals surface area contributed by atoms with Crippen molar-refractivity contribution in [3.8, 4) is 0 Å². The van der Waals surface area contributed by atoms with Gasteiger partial charge in [-0.3, -0.25) is 13.9 Å². The molecule has 0 unspecified atom stereocenters. The molecule has 0 spiro atoms. The van der Waals surface area contributed by atoms with Crippen LogP contribution in [-0.4, -0.2) is 29.8 Å². The van der Waals surface area contributed by atoms with Crippen molar-refractivity contribution >= 4 is 43.9 Å². The van der Waals surface area contributed by atoms with Crippen molar-refractivity contribution in [2.24, 2.45) is 0 Å². The molecule has 0 saturated carbocycles. The number of ketones is 1. The van der Waals surface area contributed by atoms with Gasteiger partial charge in [0.05, 0.1) is 17.6 Å². The largest absolute Gasteiger partial charge is 0.290 e. The predicted octanol–water partition coefficient (Wildman–Crippen LogP) is 3.28. The first-order valence-corrected chi connectivity index (χ1v) is 10.2. The van der Waals surface area contributed by atoms with Gasteiger partial charge in [-0.15, -0.1) is 11.3 Å². The number of hydrogen-bond acceptors (Lipinski definition) is 5. The molecular formula is C17H17N3O3S2. The van der Waals surface area contributed by atoms with Crippen LogP contribution in [0, 0.1) is 13.8 Å². The first-order valence-electron chi connectivity index (χ1n) is 7.48. The molecule has 3 aromatic rings. The molecule has 0 fully saturated rings. The molecular weight excluding hydrogens is 358 g/mol. The second-order valence-electron chi connectivity index (χ2n) is 5.73. The average Bonchev–Trinajstić information content (AvgIpc) is 2.99. The third kappa shape index (κ3) is 3.97. The fraction of sp³-hybridized carbons (Fsp3) is 0.176. The monoisotopic (exact) mass is 375 g/mol. The molecule has 0 aliphatic carbocycles. The van der Waals surface area contributed by atoms with Crippen LogP contribution in [0.2, 0.25) is 0 Å². The van der Waals surface area contributed by atoms with Gasteiger partial charge in [0.15, 0.2) is 10.7 Å². The van der Waals surface area contributed by atoms with Crippen molar-refractivity contribution in [3.63, 3.8) is 0 Å². The minimum Gasteiger partial charge on any atom is -0.290 e. The number of sulfonamides is 1. The number of rotatable bonds is 5. The lowest BCUT2D eigenvalue weighted by Gasteiger charge is -2.04. The number of nitrogens with zero attached hydrogens (tertiary/aromatic N) is 2. The lowest BCUT2D eigenvalue weighted by atomic mass is 10.1. The molecule has 2 heterocycles. The Morgan fingerprint density at radius 3 is 2.56 bits per heavy atom. The molecule has 0 aliphatic rings. The van der Waals surface area contributed by atoms with Crippen molar-refractivity contribution in [3.05, 3.63) is 58.4 Å². The summed E-state index contributed by atoms with van der Waals surface area (Å²) < 4.78 is 26.7. The highest BCUT2D eigenvalue weighted by atomic mass is 32.2. The summed E-state index contributed by atoms with van der Waals surface area (Å²) >= 11 is 1.60. The fourth-order valence-electron chi connectivity index (χ4n) is 2.45. The maximum atomic E-state index is 12.3. The number of imidazole rings is 1. The first-order chi connectivity index (χ1) is 11.7. The Morgan fingerprint density at radius 2 is 1.92 bits per heavy atom. The summed E-state index contributed by atoms with van der Waals surface area (Å²) in [6, 6.07) is 6.31. The van der Waals surface area contributed by atoms with Crippen molar-refractivity contribution in [1.82, 2.24) is 9.38 Å². The molecule has 2 aromatic heterocycles. The van der Waals surface area contributed by atoms with E-state index in [1.807, 2.05) is 24.4 Å². The molecule has 0 aliphatic heterocycles. The third-order valence-corrected chi connectivity index (χ3v) is 5.03. The van der Waals surface area contributed by atoms with Gasteiger partial charge in [-0.1, -0.05) is 0 Å². The van der Waals surface area contributed by atoms with E-state index in [4.69, 9.17) is 0 Å². The van der Waals surface area contributed by atoms with Gasteiger partial charge in [0.1, 0.15) is 0 Å². The highest BCUT2D eigenvalue weighted by Gasteiger charge is 2.10.